The van der Waals surface area contributed by atoms with Gasteiger partial charge in [-0.15, -0.1) is 6.42 Å². The Hall–Kier alpha value is -3.18. The van der Waals surface area contributed by atoms with Crippen LogP contribution in [0.5, 0.6) is 17.2 Å². The van der Waals surface area contributed by atoms with E-state index >= 15 is 0 Å². The van der Waals surface area contributed by atoms with Crippen LogP contribution in [0.15, 0.2) is 78.9 Å². The maximum Gasteiger partial charge on any atom is 0.131 e. The first-order chi connectivity index (χ1) is 11.3. The van der Waals surface area contributed by atoms with Gasteiger partial charge in [-0.05, 0) is 42.0 Å². The van der Waals surface area contributed by atoms with Crippen LogP contribution < -0.4 is 9.47 Å². The number of rotatable bonds is 5. The van der Waals surface area contributed by atoms with Gasteiger partial charge in [0.15, 0.2) is 0 Å². The predicted octanol–water partition coefficient (Wildman–Crippen LogP) is 5.04. The van der Waals surface area contributed by atoms with Crippen LogP contribution in [0.4, 0.5) is 0 Å². The van der Waals surface area contributed by atoms with Crippen molar-refractivity contribution in [2.75, 3.05) is 0 Å². The van der Waals surface area contributed by atoms with Gasteiger partial charge in [-0.3, -0.25) is 0 Å². The Kier molecular flexibility index (Phi) is 4.61. The molecule has 3 aromatic carbocycles. The van der Waals surface area contributed by atoms with E-state index < -0.39 is 0 Å². The van der Waals surface area contributed by atoms with Crippen molar-refractivity contribution in [3.05, 3.63) is 90.0 Å². The largest absolute Gasteiger partial charge is 0.489 e. The summed E-state index contributed by atoms with van der Waals surface area (Å²) in [5.74, 6) is 4.82. The minimum atomic E-state index is 0.529. The monoisotopic (exact) mass is 300 g/mol. The SMILES string of the molecule is C#Cc1ccc(Oc2cccc(OCc3ccccc3)c2)cc1. The molecule has 0 bridgehead atoms. The Morgan fingerprint density at radius 3 is 2.22 bits per heavy atom. The summed E-state index contributed by atoms with van der Waals surface area (Å²) in [4.78, 5) is 0. The van der Waals surface area contributed by atoms with Crippen molar-refractivity contribution in [2.24, 2.45) is 0 Å². The third kappa shape index (κ3) is 4.15. The quantitative estimate of drug-likeness (QED) is 0.615. The first-order valence-corrected chi connectivity index (χ1v) is 7.35. The summed E-state index contributed by atoms with van der Waals surface area (Å²) in [5.41, 5.74) is 1.96. The van der Waals surface area contributed by atoms with E-state index in [1.165, 1.54) is 0 Å². The van der Waals surface area contributed by atoms with Gasteiger partial charge in [0.1, 0.15) is 23.9 Å². The van der Waals surface area contributed by atoms with Crippen molar-refractivity contribution < 1.29 is 9.47 Å². The molecule has 0 saturated heterocycles. The van der Waals surface area contributed by atoms with Gasteiger partial charge in [-0.2, -0.15) is 0 Å². The van der Waals surface area contributed by atoms with Gasteiger partial charge >= 0.3 is 0 Å². The summed E-state index contributed by atoms with van der Waals surface area (Å²) < 4.78 is 11.6. The summed E-state index contributed by atoms with van der Waals surface area (Å²) in [6, 6.07) is 25.1. The summed E-state index contributed by atoms with van der Waals surface area (Å²) in [6.07, 6.45) is 5.35. The average Bonchev–Trinajstić information content (AvgIpc) is 2.62. The number of hydrogen-bond donors (Lipinski definition) is 0. The maximum absolute atomic E-state index is 5.82. The van der Waals surface area contributed by atoms with E-state index in [0.29, 0.717) is 6.61 Å². The van der Waals surface area contributed by atoms with Gasteiger partial charge in [0, 0.05) is 11.6 Å². The van der Waals surface area contributed by atoms with E-state index in [0.717, 1.165) is 28.4 Å². The zero-order valence-electron chi connectivity index (χ0n) is 12.6. The van der Waals surface area contributed by atoms with Crippen molar-refractivity contribution in [2.45, 2.75) is 6.61 Å². The van der Waals surface area contributed by atoms with Crippen LogP contribution in [0.1, 0.15) is 11.1 Å². The highest BCUT2D eigenvalue weighted by atomic mass is 16.5. The minimum Gasteiger partial charge on any atom is -0.489 e. The second-order valence-corrected chi connectivity index (χ2v) is 5.02. The van der Waals surface area contributed by atoms with Crippen molar-refractivity contribution in [3.8, 4) is 29.6 Å². The van der Waals surface area contributed by atoms with Crippen LogP contribution in [0, 0.1) is 12.3 Å². The van der Waals surface area contributed by atoms with Gasteiger partial charge in [0.25, 0.3) is 0 Å². The van der Waals surface area contributed by atoms with Gasteiger partial charge in [-0.1, -0.05) is 42.3 Å². The molecule has 0 unspecified atom stereocenters. The van der Waals surface area contributed by atoms with Crippen LogP contribution in [0.2, 0.25) is 0 Å². The van der Waals surface area contributed by atoms with Gasteiger partial charge in [-0.25, -0.2) is 0 Å². The molecule has 0 atom stereocenters. The molecule has 0 aromatic heterocycles. The number of terminal acetylenes is 1. The van der Waals surface area contributed by atoms with E-state index in [-0.39, 0.29) is 0 Å². The first-order valence-electron chi connectivity index (χ1n) is 7.35. The van der Waals surface area contributed by atoms with E-state index in [1.54, 1.807) is 0 Å². The Balaban J connectivity index is 1.66. The molecule has 0 aliphatic heterocycles. The highest BCUT2D eigenvalue weighted by Crippen LogP contribution is 2.25. The van der Waals surface area contributed by atoms with Crippen molar-refractivity contribution in [1.82, 2.24) is 0 Å². The molecular weight excluding hydrogens is 284 g/mol. The van der Waals surface area contributed by atoms with Crippen LogP contribution in [-0.2, 0) is 6.61 Å². The average molecular weight is 300 g/mol. The molecule has 0 fully saturated rings. The fourth-order valence-corrected chi connectivity index (χ4v) is 2.12. The molecule has 2 nitrogen and oxygen atoms in total. The molecule has 2 heteroatoms. The highest BCUT2D eigenvalue weighted by Gasteiger charge is 2.01. The molecule has 23 heavy (non-hydrogen) atoms. The van der Waals surface area contributed by atoms with Crippen molar-refractivity contribution >= 4 is 0 Å². The molecule has 0 aliphatic rings. The van der Waals surface area contributed by atoms with Crippen molar-refractivity contribution in [1.29, 1.82) is 0 Å². The summed E-state index contributed by atoms with van der Waals surface area (Å²) in [5, 5.41) is 0. The lowest BCUT2D eigenvalue weighted by molar-refractivity contribution is 0.304. The molecule has 0 aliphatic carbocycles. The zero-order chi connectivity index (χ0) is 15.9. The lowest BCUT2D eigenvalue weighted by atomic mass is 10.2. The third-order valence-electron chi connectivity index (χ3n) is 3.31. The van der Waals surface area contributed by atoms with Crippen LogP contribution in [0.3, 0.4) is 0 Å². The number of hydrogen-bond acceptors (Lipinski definition) is 2. The molecule has 0 spiro atoms. The Labute approximate surface area is 136 Å². The minimum absolute atomic E-state index is 0.529. The smallest absolute Gasteiger partial charge is 0.131 e. The fraction of sp³-hybridized carbons (Fsp3) is 0.0476. The molecule has 0 amide bonds. The van der Waals surface area contributed by atoms with Crippen LogP contribution in [0.25, 0.3) is 0 Å². The molecule has 0 N–H and O–H groups in total. The normalized spacial score (nSPS) is 9.87. The maximum atomic E-state index is 5.82. The van der Waals surface area contributed by atoms with E-state index in [2.05, 4.69) is 5.92 Å². The van der Waals surface area contributed by atoms with E-state index in [1.807, 2.05) is 78.9 Å². The Bertz CT molecular complexity index is 799. The topological polar surface area (TPSA) is 18.5 Å². The van der Waals surface area contributed by atoms with Crippen LogP contribution >= 0.6 is 0 Å². The standard InChI is InChI=1S/C21H16O2/c1-2-17-11-13-19(14-12-17)23-21-10-6-9-20(15-21)22-16-18-7-4-3-5-8-18/h1,3-15H,16H2. The predicted molar refractivity (Wildman–Crippen MR) is 91.7 cm³/mol. The first kappa shape index (κ1) is 14.7. The van der Waals surface area contributed by atoms with Gasteiger partial charge < -0.3 is 9.47 Å². The number of ether oxygens (including phenoxy) is 2. The molecule has 0 saturated carbocycles. The van der Waals surface area contributed by atoms with Crippen molar-refractivity contribution in [3.63, 3.8) is 0 Å². The van der Waals surface area contributed by atoms with E-state index in [9.17, 15) is 0 Å². The summed E-state index contributed by atoms with van der Waals surface area (Å²) >= 11 is 0. The van der Waals surface area contributed by atoms with E-state index in [4.69, 9.17) is 15.9 Å². The number of benzene rings is 3. The Morgan fingerprint density at radius 2 is 1.48 bits per heavy atom. The molecule has 112 valence electrons. The summed E-state index contributed by atoms with van der Waals surface area (Å²) in [6.45, 7) is 0.529. The lowest BCUT2D eigenvalue weighted by Crippen LogP contribution is -1.95. The molecule has 0 heterocycles. The second-order valence-electron chi connectivity index (χ2n) is 5.02. The Morgan fingerprint density at radius 1 is 0.739 bits per heavy atom. The van der Waals surface area contributed by atoms with Crippen LogP contribution in [-0.4, -0.2) is 0 Å². The third-order valence-corrected chi connectivity index (χ3v) is 3.31. The molecule has 0 radical (unpaired) electrons. The highest BCUT2D eigenvalue weighted by molar-refractivity contribution is 5.40. The molecule has 3 aromatic rings. The molecule has 3 rings (SSSR count). The lowest BCUT2D eigenvalue weighted by Gasteiger charge is -2.09. The zero-order valence-corrected chi connectivity index (χ0v) is 12.6. The second kappa shape index (κ2) is 7.20. The van der Waals surface area contributed by atoms with Gasteiger partial charge in [0.2, 0.25) is 0 Å². The molecular formula is C21H16O2. The summed E-state index contributed by atoms with van der Waals surface area (Å²) in [7, 11) is 0. The fourth-order valence-electron chi connectivity index (χ4n) is 2.12. The van der Waals surface area contributed by atoms with Gasteiger partial charge in [0.05, 0.1) is 0 Å².